The van der Waals surface area contributed by atoms with Gasteiger partial charge in [-0.3, -0.25) is 18.7 Å². The molecule has 0 saturated carbocycles. The minimum absolute atomic E-state index is 0.133. The van der Waals surface area contributed by atoms with Crippen LogP contribution in [0, 0.1) is 0 Å². The molecule has 3 heterocycles. The summed E-state index contributed by atoms with van der Waals surface area (Å²) in [5, 5.41) is 0.984. The van der Waals surface area contributed by atoms with Crippen molar-refractivity contribution in [3.05, 3.63) is 61.6 Å². The summed E-state index contributed by atoms with van der Waals surface area (Å²) in [6.45, 7) is 4.99. The van der Waals surface area contributed by atoms with Crippen molar-refractivity contribution >= 4 is 45.7 Å². The molecule has 0 aliphatic rings. The second-order valence-corrected chi connectivity index (χ2v) is 9.78. The van der Waals surface area contributed by atoms with Crippen molar-refractivity contribution in [2.75, 3.05) is 7.11 Å². The van der Waals surface area contributed by atoms with E-state index in [1.54, 1.807) is 52.1 Å². The van der Waals surface area contributed by atoms with Crippen molar-refractivity contribution in [2.24, 2.45) is 14.1 Å². The summed E-state index contributed by atoms with van der Waals surface area (Å²) < 4.78 is 15.3. The van der Waals surface area contributed by atoms with Gasteiger partial charge in [-0.25, -0.2) is 19.1 Å². The van der Waals surface area contributed by atoms with Crippen LogP contribution < -0.4 is 11.2 Å². The Labute approximate surface area is 210 Å². The highest BCUT2D eigenvalue weighted by molar-refractivity contribution is 6.35. The molecule has 4 rings (SSSR count). The van der Waals surface area contributed by atoms with Crippen LogP contribution in [0.3, 0.4) is 0 Å². The maximum atomic E-state index is 13.5. The molecule has 0 aliphatic heterocycles. The Morgan fingerprint density at radius 1 is 1.11 bits per heavy atom. The molecule has 0 atom stereocenters. The van der Waals surface area contributed by atoms with Crippen LogP contribution in [0.15, 0.2) is 33.9 Å². The van der Waals surface area contributed by atoms with Crippen molar-refractivity contribution in [3.8, 4) is 0 Å². The molecule has 0 radical (unpaired) electrons. The Hall–Kier alpha value is -3.86. The molecule has 36 heavy (non-hydrogen) atoms. The molecule has 190 valence electrons. The molecule has 0 N–H and O–H groups in total. The monoisotopic (exact) mass is 515 g/mol. The van der Waals surface area contributed by atoms with Gasteiger partial charge in [0.1, 0.15) is 17.8 Å². The summed E-state index contributed by atoms with van der Waals surface area (Å²) in [6, 6.07) is 6.75. The van der Waals surface area contributed by atoms with E-state index in [4.69, 9.17) is 21.1 Å². The number of esters is 1. The summed E-state index contributed by atoms with van der Waals surface area (Å²) in [4.78, 5) is 56.0. The molecule has 12 heteroatoms. The number of halogens is 1. The quantitative estimate of drug-likeness (QED) is 0.383. The van der Waals surface area contributed by atoms with E-state index < -0.39 is 28.9 Å². The standard InChI is InChI=1S/C24H26ClN5O6/c1-24(2,3)36-23(34)30-13(10-14-15(25)8-7-9-16(14)30)12-29-21(32)19-20(28(5)22(29)33)26-17(27(19)4)11-18(31)35-6/h7-10H,11-12H2,1-6H3. The van der Waals surface area contributed by atoms with E-state index in [0.717, 1.165) is 4.57 Å². The third kappa shape index (κ3) is 4.30. The van der Waals surface area contributed by atoms with Gasteiger partial charge in [-0.05, 0) is 39.0 Å². The van der Waals surface area contributed by atoms with E-state index >= 15 is 0 Å². The Morgan fingerprint density at radius 3 is 2.44 bits per heavy atom. The molecule has 0 bridgehead atoms. The van der Waals surface area contributed by atoms with E-state index in [2.05, 4.69) is 4.98 Å². The molecule has 0 amide bonds. The van der Waals surface area contributed by atoms with E-state index in [1.165, 1.54) is 27.9 Å². The fourth-order valence-electron chi connectivity index (χ4n) is 4.04. The first kappa shape index (κ1) is 25.2. The van der Waals surface area contributed by atoms with Gasteiger partial charge in [-0.1, -0.05) is 17.7 Å². The lowest BCUT2D eigenvalue weighted by atomic mass is 10.2. The lowest BCUT2D eigenvalue weighted by Gasteiger charge is -2.21. The molecule has 3 aromatic heterocycles. The van der Waals surface area contributed by atoms with E-state index in [9.17, 15) is 19.2 Å². The number of imidazole rings is 1. The predicted octanol–water partition coefficient (Wildman–Crippen LogP) is 2.59. The molecule has 0 saturated heterocycles. The van der Waals surface area contributed by atoms with Crippen LogP contribution in [0.5, 0.6) is 0 Å². The molecule has 0 spiro atoms. The summed E-state index contributed by atoms with van der Waals surface area (Å²) in [5.74, 6) is -0.256. The number of rotatable bonds is 4. The molecule has 0 fully saturated rings. The van der Waals surface area contributed by atoms with Gasteiger partial charge in [0.2, 0.25) is 0 Å². The lowest BCUT2D eigenvalue weighted by Crippen LogP contribution is -2.40. The highest BCUT2D eigenvalue weighted by atomic mass is 35.5. The zero-order valence-corrected chi connectivity index (χ0v) is 21.5. The van der Waals surface area contributed by atoms with Crippen LogP contribution in [0.25, 0.3) is 22.1 Å². The van der Waals surface area contributed by atoms with Gasteiger partial charge in [-0.2, -0.15) is 0 Å². The maximum Gasteiger partial charge on any atom is 0.419 e. The number of aromatic nitrogens is 5. The number of fused-ring (bicyclic) bond motifs is 2. The first-order valence-corrected chi connectivity index (χ1v) is 11.5. The molecule has 0 unspecified atom stereocenters. The third-order valence-electron chi connectivity index (χ3n) is 5.75. The number of aryl methyl sites for hydroxylation is 2. The number of methoxy groups -OCH3 is 1. The van der Waals surface area contributed by atoms with Crippen LogP contribution in [0.1, 0.15) is 32.3 Å². The maximum absolute atomic E-state index is 13.5. The van der Waals surface area contributed by atoms with Crippen LogP contribution in [0.4, 0.5) is 4.79 Å². The minimum Gasteiger partial charge on any atom is -0.469 e. The SMILES string of the molecule is COC(=O)Cc1nc2c(c(=O)n(Cc3cc4c(Cl)cccc4n3C(=O)OC(C)(C)C)c(=O)n2C)n1C. The fourth-order valence-corrected chi connectivity index (χ4v) is 4.26. The van der Waals surface area contributed by atoms with Crippen molar-refractivity contribution in [3.63, 3.8) is 0 Å². The van der Waals surface area contributed by atoms with Gasteiger partial charge in [0.25, 0.3) is 5.56 Å². The van der Waals surface area contributed by atoms with Gasteiger partial charge in [0, 0.05) is 24.5 Å². The first-order valence-electron chi connectivity index (χ1n) is 11.1. The van der Waals surface area contributed by atoms with Gasteiger partial charge < -0.3 is 14.0 Å². The Bertz CT molecular complexity index is 1650. The number of benzene rings is 1. The predicted molar refractivity (Wildman–Crippen MR) is 134 cm³/mol. The zero-order chi connectivity index (χ0) is 26.5. The molecular formula is C24H26ClN5O6. The highest BCUT2D eigenvalue weighted by Crippen LogP contribution is 2.28. The topological polar surface area (TPSA) is 119 Å². The van der Waals surface area contributed by atoms with Crippen LogP contribution in [0.2, 0.25) is 5.02 Å². The van der Waals surface area contributed by atoms with E-state index in [1.807, 2.05) is 0 Å². The molecular weight excluding hydrogens is 490 g/mol. The Balaban J connectivity index is 1.92. The third-order valence-corrected chi connectivity index (χ3v) is 6.08. The number of ether oxygens (including phenoxy) is 2. The average Bonchev–Trinajstić information content (AvgIpc) is 3.32. The van der Waals surface area contributed by atoms with Crippen molar-refractivity contribution in [1.29, 1.82) is 0 Å². The van der Waals surface area contributed by atoms with Gasteiger partial charge in [-0.15, -0.1) is 0 Å². The number of nitrogens with zero attached hydrogens (tertiary/aromatic N) is 5. The van der Waals surface area contributed by atoms with E-state index in [-0.39, 0.29) is 30.0 Å². The fraction of sp³-hybridized carbons (Fsp3) is 0.375. The van der Waals surface area contributed by atoms with Crippen molar-refractivity contribution < 1.29 is 19.1 Å². The zero-order valence-electron chi connectivity index (χ0n) is 20.8. The second kappa shape index (κ2) is 8.98. The number of hydrogen-bond donors (Lipinski definition) is 0. The highest BCUT2D eigenvalue weighted by Gasteiger charge is 2.25. The number of hydrogen-bond acceptors (Lipinski definition) is 7. The summed E-state index contributed by atoms with van der Waals surface area (Å²) >= 11 is 6.38. The Morgan fingerprint density at radius 2 is 1.81 bits per heavy atom. The largest absolute Gasteiger partial charge is 0.469 e. The van der Waals surface area contributed by atoms with Gasteiger partial charge >= 0.3 is 17.8 Å². The van der Waals surface area contributed by atoms with Crippen molar-refractivity contribution in [2.45, 2.75) is 39.3 Å². The molecule has 11 nitrogen and oxygen atoms in total. The van der Waals surface area contributed by atoms with Crippen LogP contribution in [-0.2, 0) is 41.3 Å². The van der Waals surface area contributed by atoms with Crippen LogP contribution >= 0.6 is 11.6 Å². The van der Waals surface area contributed by atoms with Crippen LogP contribution in [-0.4, -0.2) is 48.0 Å². The Kier molecular flexibility index (Phi) is 6.29. The molecule has 1 aromatic carbocycles. The smallest absolute Gasteiger partial charge is 0.419 e. The number of carbonyl (C=O) groups excluding carboxylic acids is 2. The van der Waals surface area contributed by atoms with E-state index in [0.29, 0.717) is 21.6 Å². The average molecular weight is 516 g/mol. The first-order chi connectivity index (χ1) is 16.8. The normalized spacial score (nSPS) is 11.9. The number of carbonyl (C=O) groups is 2. The summed E-state index contributed by atoms with van der Waals surface area (Å²) in [6.07, 6.45) is -0.831. The summed E-state index contributed by atoms with van der Waals surface area (Å²) in [5.41, 5.74) is -0.942. The second-order valence-electron chi connectivity index (χ2n) is 9.37. The molecule has 4 aromatic rings. The van der Waals surface area contributed by atoms with Gasteiger partial charge in [0.15, 0.2) is 11.2 Å². The lowest BCUT2D eigenvalue weighted by molar-refractivity contribution is -0.139. The molecule has 0 aliphatic carbocycles. The summed E-state index contributed by atoms with van der Waals surface area (Å²) in [7, 11) is 4.32. The minimum atomic E-state index is -0.778. The van der Waals surface area contributed by atoms with Gasteiger partial charge in [0.05, 0.1) is 24.9 Å². The van der Waals surface area contributed by atoms with Crippen molar-refractivity contribution in [1.82, 2.24) is 23.3 Å².